The molecule has 0 aliphatic rings. The lowest BCUT2D eigenvalue weighted by Gasteiger charge is -1.95. The molecule has 1 amide bonds. The standard InChI is InChI=1S/C5H8NO2/c1-3-4-6-5(7)8-2/h3H,1-2,4H2,(H,6,7). The molecule has 3 heteroatoms. The summed E-state index contributed by atoms with van der Waals surface area (Å²) in [5, 5.41) is 2.34. The number of nitrogens with one attached hydrogen (secondary N) is 1. The summed E-state index contributed by atoms with van der Waals surface area (Å²) in [5.41, 5.74) is 0. The van der Waals surface area contributed by atoms with Gasteiger partial charge in [0.05, 0.1) is 0 Å². The lowest BCUT2D eigenvalue weighted by atomic mass is 10.6. The second kappa shape index (κ2) is 4.18. The van der Waals surface area contributed by atoms with Crippen LogP contribution in [-0.2, 0) is 4.74 Å². The zero-order valence-corrected chi connectivity index (χ0v) is 4.52. The fraction of sp³-hybridized carbons (Fsp3) is 0.200. The lowest BCUT2D eigenvalue weighted by Crippen LogP contribution is -2.21. The first-order valence-corrected chi connectivity index (χ1v) is 2.12. The number of hydrogen-bond acceptors (Lipinski definition) is 2. The van der Waals surface area contributed by atoms with Crippen LogP contribution in [0.25, 0.3) is 0 Å². The summed E-state index contributed by atoms with van der Waals surface area (Å²) in [4.78, 5) is 10.1. The van der Waals surface area contributed by atoms with Crippen molar-refractivity contribution in [3.05, 3.63) is 19.8 Å². The van der Waals surface area contributed by atoms with E-state index in [0.29, 0.717) is 6.54 Å². The van der Waals surface area contributed by atoms with Gasteiger partial charge in [0, 0.05) is 6.54 Å². The highest BCUT2D eigenvalue weighted by atomic mass is 16.5. The second-order valence-corrected chi connectivity index (χ2v) is 1.10. The van der Waals surface area contributed by atoms with Gasteiger partial charge in [0.25, 0.3) is 0 Å². The summed E-state index contributed by atoms with van der Waals surface area (Å²) in [5.74, 6) is 0. The van der Waals surface area contributed by atoms with Gasteiger partial charge in [-0.1, -0.05) is 6.08 Å². The molecule has 1 N–H and O–H groups in total. The van der Waals surface area contributed by atoms with Gasteiger partial charge >= 0.3 is 6.09 Å². The molecule has 0 rings (SSSR count). The van der Waals surface area contributed by atoms with Gasteiger partial charge in [-0.25, -0.2) is 4.79 Å². The minimum Gasteiger partial charge on any atom is -0.446 e. The van der Waals surface area contributed by atoms with Crippen molar-refractivity contribution in [1.82, 2.24) is 5.32 Å². The van der Waals surface area contributed by atoms with Crippen molar-refractivity contribution < 1.29 is 9.53 Å². The van der Waals surface area contributed by atoms with Crippen LogP contribution in [0, 0.1) is 7.11 Å². The summed E-state index contributed by atoms with van der Waals surface area (Å²) < 4.78 is 4.00. The molecule has 1 radical (unpaired) electrons. The van der Waals surface area contributed by atoms with E-state index in [2.05, 4.69) is 23.7 Å². The molecule has 0 aliphatic heterocycles. The monoisotopic (exact) mass is 114 g/mol. The fourth-order valence-electron chi connectivity index (χ4n) is 0.207. The van der Waals surface area contributed by atoms with Gasteiger partial charge in [-0.15, -0.1) is 6.58 Å². The third-order valence-corrected chi connectivity index (χ3v) is 0.522. The summed E-state index contributed by atoms with van der Waals surface area (Å²) in [6.45, 7) is 3.79. The van der Waals surface area contributed by atoms with E-state index in [-0.39, 0.29) is 0 Å². The van der Waals surface area contributed by atoms with E-state index >= 15 is 0 Å². The topological polar surface area (TPSA) is 38.3 Å². The van der Waals surface area contributed by atoms with E-state index in [1.807, 2.05) is 0 Å². The molecular formula is C5H8NO2. The van der Waals surface area contributed by atoms with Crippen molar-refractivity contribution in [3.63, 3.8) is 0 Å². The maximum atomic E-state index is 10.1. The molecule has 0 aromatic rings. The lowest BCUT2D eigenvalue weighted by molar-refractivity contribution is 0.185. The third kappa shape index (κ3) is 3.21. The number of amides is 1. The quantitative estimate of drug-likeness (QED) is 0.536. The van der Waals surface area contributed by atoms with E-state index in [0.717, 1.165) is 0 Å². The van der Waals surface area contributed by atoms with Gasteiger partial charge in [-0.2, -0.15) is 0 Å². The summed E-state index contributed by atoms with van der Waals surface area (Å²) >= 11 is 0. The Kier molecular flexibility index (Phi) is 3.66. The Morgan fingerprint density at radius 2 is 2.50 bits per heavy atom. The van der Waals surface area contributed by atoms with E-state index in [9.17, 15) is 4.79 Å². The molecule has 0 spiro atoms. The number of carbonyl (C=O) groups excluding carboxylic acids is 1. The molecule has 0 saturated carbocycles. The zero-order valence-electron chi connectivity index (χ0n) is 4.52. The van der Waals surface area contributed by atoms with Gasteiger partial charge in [-0.05, 0) is 0 Å². The average Bonchev–Trinajstić information content (AvgIpc) is 1.83. The highest BCUT2D eigenvalue weighted by molar-refractivity contribution is 5.67. The summed E-state index contributed by atoms with van der Waals surface area (Å²) in [7, 11) is 2.89. The van der Waals surface area contributed by atoms with Crippen LogP contribution >= 0.6 is 0 Å². The van der Waals surface area contributed by atoms with Crippen molar-refractivity contribution in [2.24, 2.45) is 0 Å². The van der Waals surface area contributed by atoms with Gasteiger partial charge in [0.2, 0.25) is 0 Å². The smallest absolute Gasteiger partial charge is 0.407 e. The highest BCUT2D eigenvalue weighted by Gasteiger charge is 1.90. The van der Waals surface area contributed by atoms with Crippen LogP contribution < -0.4 is 5.32 Å². The van der Waals surface area contributed by atoms with Crippen LogP contribution in [0.15, 0.2) is 12.7 Å². The summed E-state index contributed by atoms with van der Waals surface area (Å²) in [6, 6.07) is 0. The SMILES string of the molecule is [CH2]OC(=O)NCC=C. The second-order valence-electron chi connectivity index (χ2n) is 1.10. The Morgan fingerprint density at radius 3 is 2.88 bits per heavy atom. The molecule has 0 saturated heterocycles. The van der Waals surface area contributed by atoms with Gasteiger partial charge in [0.15, 0.2) is 0 Å². The zero-order chi connectivity index (χ0) is 6.41. The molecule has 0 atom stereocenters. The average molecular weight is 114 g/mol. The number of carbonyl (C=O) groups is 1. The van der Waals surface area contributed by atoms with E-state index in [1.54, 1.807) is 6.08 Å². The van der Waals surface area contributed by atoms with Crippen LogP contribution in [0.3, 0.4) is 0 Å². The molecule has 0 aromatic heterocycles. The Balaban J connectivity index is 3.11. The minimum absolute atomic E-state index is 0.411. The Labute approximate surface area is 48.3 Å². The van der Waals surface area contributed by atoms with E-state index < -0.39 is 6.09 Å². The third-order valence-electron chi connectivity index (χ3n) is 0.522. The van der Waals surface area contributed by atoms with E-state index in [1.165, 1.54) is 0 Å². The first kappa shape index (κ1) is 7.01. The summed E-state index contributed by atoms with van der Waals surface area (Å²) in [6.07, 6.45) is 1.02. The van der Waals surface area contributed by atoms with Crippen molar-refractivity contribution in [1.29, 1.82) is 0 Å². The van der Waals surface area contributed by atoms with Gasteiger partial charge in [-0.3, -0.25) is 0 Å². The number of rotatable bonds is 2. The minimum atomic E-state index is -0.537. The number of alkyl carbamates (subject to hydrolysis) is 1. The van der Waals surface area contributed by atoms with Crippen molar-refractivity contribution in [2.45, 2.75) is 0 Å². The molecule has 45 valence electrons. The Morgan fingerprint density at radius 1 is 1.88 bits per heavy atom. The van der Waals surface area contributed by atoms with Gasteiger partial charge < -0.3 is 10.1 Å². The largest absolute Gasteiger partial charge is 0.446 e. The Hall–Kier alpha value is -0.990. The molecule has 0 bridgehead atoms. The predicted octanol–water partition coefficient (Wildman–Crippen LogP) is 0.690. The molecule has 3 nitrogen and oxygen atoms in total. The molecule has 0 heterocycles. The molecule has 8 heavy (non-hydrogen) atoms. The van der Waals surface area contributed by atoms with Crippen LogP contribution in [0.2, 0.25) is 0 Å². The van der Waals surface area contributed by atoms with Crippen molar-refractivity contribution in [3.8, 4) is 0 Å². The number of ether oxygens (including phenoxy) is 1. The highest BCUT2D eigenvalue weighted by Crippen LogP contribution is 1.70. The van der Waals surface area contributed by atoms with Crippen LogP contribution in [-0.4, -0.2) is 12.6 Å². The molecular weight excluding hydrogens is 106 g/mol. The van der Waals surface area contributed by atoms with Crippen LogP contribution in [0.4, 0.5) is 4.79 Å². The van der Waals surface area contributed by atoms with Gasteiger partial charge in [0.1, 0.15) is 7.11 Å². The number of hydrogen-bond donors (Lipinski definition) is 1. The van der Waals surface area contributed by atoms with Crippen molar-refractivity contribution in [2.75, 3.05) is 6.54 Å². The molecule has 0 fully saturated rings. The fourth-order valence-corrected chi connectivity index (χ4v) is 0.207. The maximum absolute atomic E-state index is 10.1. The molecule has 0 aliphatic carbocycles. The normalized spacial score (nSPS) is 7.62. The maximum Gasteiger partial charge on any atom is 0.407 e. The van der Waals surface area contributed by atoms with Crippen LogP contribution in [0.1, 0.15) is 0 Å². The van der Waals surface area contributed by atoms with Crippen LogP contribution in [0.5, 0.6) is 0 Å². The first-order chi connectivity index (χ1) is 3.81. The first-order valence-electron chi connectivity index (χ1n) is 2.12. The molecule has 0 unspecified atom stereocenters. The van der Waals surface area contributed by atoms with E-state index in [4.69, 9.17) is 0 Å². The van der Waals surface area contributed by atoms with Crippen molar-refractivity contribution >= 4 is 6.09 Å². The predicted molar refractivity (Wildman–Crippen MR) is 30.0 cm³/mol. The molecule has 0 aromatic carbocycles. The Bertz CT molecular complexity index is 90.4.